The molecule has 0 radical (unpaired) electrons. The third kappa shape index (κ3) is 2.91. The molecule has 2 aromatic carbocycles. The van der Waals surface area contributed by atoms with E-state index < -0.39 is 15.1 Å². The van der Waals surface area contributed by atoms with Gasteiger partial charge in [-0.25, -0.2) is 0 Å². The van der Waals surface area contributed by atoms with Gasteiger partial charge in [-0.2, -0.15) is 0 Å². The molecular weight excluding hydrogens is 345 g/mol. The second-order valence-corrected chi connectivity index (χ2v) is 7.75. The molecule has 3 rings (SSSR count). The Labute approximate surface area is 127 Å². The highest BCUT2D eigenvalue weighted by Gasteiger charge is 2.65. The number of nitrogens with one attached hydrogen (secondary N) is 1. The lowest BCUT2D eigenvalue weighted by atomic mass is 10.1. The molecule has 0 bridgehead atoms. The number of aromatic amines is 1. The summed E-state index contributed by atoms with van der Waals surface area (Å²) in [6.45, 7) is 0. The van der Waals surface area contributed by atoms with Gasteiger partial charge >= 0.3 is 10.2 Å². The Morgan fingerprint density at radius 1 is 0.818 bits per heavy atom. The van der Waals surface area contributed by atoms with Crippen LogP contribution in [-0.2, 0) is 0 Å². The van der Waals surface area contributed by atoms with Crippen molar-refractivity contribution in [3.8, 4) is 11.3 Å². The summed E-state index contributed by atoms with van der Waals surface area (Å²) in [5, 5.41) is 0.929. The van der Waals surface area contributed by atoms with Crippen molar-refractivity contribution in [2.45, 2.75) is 4.90 Å². The molecule has 1 heterocycles. The lowest BCUT2D eigenvalue weighted by Crippen LogP contribution is -2.05. The Morgan fingerprint density at radius 2 is 1.45 bits per heavy atom. The summed E-state index contributed by atoms with van der Waals surface area (Å²) in [5.41, 5.74) is 1.20. The lowest BCUT2D eigenvalue weighted by Gasteiger charge is -2.40. The molecule has 3 aromatic rings. The van der Waals surface area contributed by atoms with Crippen LogP contribution in [0.5, 0.6) is 0 Å². The second kappa shape index (κ2) is 3.97. The Hall–Kier alpha value is -1.73. The number of aromatic nitrogens is 1. The molecule has 8 heteroatoms. The van der Waals surface area contributed by atoms with Crippen LogP contribution in [0.2, 0.25) is 5.02 Å². The second-order valence-electron chi connectivity index (χ2n) is 4.91. The van der Waals surface area contributed by atoms with E-state index in [4.69, 9.17) is 11.6 Å². The van der Waals surface area contributed by atoms with E-state index in [0.29, 0.717) is 33.8 Å². The zero-order valence-electron chi connectivity index (χ0n) is 10.8. The van der Waals surface area contributed by atoms with Gasteiger partial charge in [-0.05, 0) is 35.9 Å². The van der Waals surface area contributed by atoms with Crippen molar-refractivity contribution in [2.24, 2.45) is 0 Å². The smallest absolute Gasteiger partial charge is 0.310 e. The van der Waals surface area contributed by atoms with Crippen LogP contribution >= 0.6 is 21.8 Å². The number of H-pyrrole nitrogens is 1. The van der Waals surface area contributed by atoms with Gasteiger partial charge in [-0.3, -0.25) is 0 Å². The van der Waals surface area contributed by atoms with Crippen molar-refractivity contribution in [2.75, 3.05) is 0 Å². The van der Waals surface area contributed by atoms with E-state index in [-0.39, 0.29) is 5.52 Å². The van der Waals surface area contributed by atoms with Crippen LogP contribution in [0.25, 0.3) is 22.2 Å². The molecule has 1 N–H and O–H groups in total. The van der Waals surface area contributed by atoms with Crippen molar-refractivity contribution >= 4 is 32.7 Å². The van der Waals surface area contributed by atoms with Crippen LogP contribution in [-0.4, -0.2) is 4.98 Å². The van der Waals surface area contributed by atoms with Gasteiger partial charge in [0.15, 0.2) is 0 Å². The van der Waals surface area contributed by atoms with E-state index in [1.54, 1.807) is 30.3 Å². The van der Waals surface area contributed by atoms with E-state index in [2.05, 4.69) is 4.98 Å². The third-order valence-electron chi connectivity index (χ3n) is 3.19. The molecule has 0 amide bonds. The minimum atomic E-state index is -9.67. The molecule has 0 fully saturated rings. The average molecular weight is 354 g/mol. The van der Waals surface area contributed by atoms with Gasteiger partial charge in [-0.15, -0.1) is 0 Å². The molecule has 0 aliphatic carbocycles. The quantitative estimate of drug-likeness (QED) is 0.471. The van der Waals surface area contributed by atoms with Gasteiger partial charge in [0, 0.05) is 21.6 Å². The standard InChI is InChI=1S/C14H9ClF5NS/c15-11-4-1-9(2-5-11)13-7-10-3-6-12(8-14(10)21-13)22(16,17,18,19)20/h1-8,21H. The summed E-state index contributed by atoms with van der Waals surface area (Å²) in [4.78, 5) is 0.815. The Morgan fingerprint density at radius 3 is 2.05 bits per heavy atom. The van der Waals surface area contributed by atoms with Crippen LogP contribution in [0, 0.1) is 0 Å². The normalized spacial score (nSPS) is 15.5. The largest absolute Gasteiger partial charge is 0.354 e. The predicted molar refractivity (Wildman–Crippen MR) is 80.1 cm³/mol. The van der Waals surface area contributed by atoms with Crippen molar-refractivity contribution in [3.63, 3.8) is 0 Å². The fourth-order valence-electron chi connectivity index (χ4n) is 2.13. The maximum atomic E-state index is 12.8. The van der Waals surface area contributed by atoms with E-state index in [1.807, 2.05) is 0 Å². The maximum absolute atomic E-state index is 12.8. The number of hydrogen-bond donors (Lipinski definition) is 1. The topological polar surface area (TPSA) is 15.8 Å². The van der Waals surface area contributed by atoms with E-state index in [9.17, 15) is 19.4 Å². The summed E-state index contributed by atoms with van der Waals surface area (Å²) in [5.74, 6) is 0. The van der Waals surface area contributed by atoms with Crippen LogP contribution < -0.4 is 0 Å². The minimum Gasteiger partial charge on any atom is -0.354 e. The molecule has 118 valence electrons. The highest BCUT2D eigenvalue weighted by Crippen LogP contribution is 3.02. The minimum absolute atomic E-state index is 0.00398. The molecule has 0 aliphatic rings. The predicted octanol–water partition coefficient (Wildman–Crippen LogP) is 7.15. The fraction of sp³-hybridized carbons (Fsp3) is 0. The zero-order chi connectivity index (χ0) is 16.2. The molecular formula is C14H9ClF5NS. The summed E-state index contributed by atoms with van der Waals surface area (Å²) in [6, 6.07) is 10.1. The fourth-order valence-corrected chi connectivity index (χ4v) is 2.92. The number of fused-ring (bicyclic) bond motifs is 1. The van der Waals surface area contributed by atoms with Gasteiger partial charge in [0.2, 0.25) is 0 Å². The molecule has 0 unspecified atom stereocenters. The molecule has 1 nitrogen and oxygen atoms in total. The number of rotatable bonds is 2. The number of benzene rings is 2. The molecule has 0 aliphatic heterocycles. The first-order chi connectivity index (χ1) is 9.92. The van der Waals surface area contributed by atoms with Crippen LogP contribution in [0.3, 0.4) is 0 Å². The summed E-state index contributed by atoms with van der Waals surface area (Å²) in [7, 11) is -9.67. The summed E-state index contributed by atoms with van der Waals surface area (Å²) < 4.78 is 64.1. The zero-order valence-corrected chi connectivity index (χ0v) is 12.4. The average Bonchev–Trinajstić information content (AvgIpc) is 2.79. The van der Waals surface area contributed by atoms with Crippen LogP contribution in [0.15, 0.2) is 53.4 Å². The molecule has 0 saturated carbocycles. The highest BCUT2D eigenvalue weighted by atomic mass is 35.5. The number of hydrogen-bond acceptors (Lipinski definition) is 0. The van der Waals surface area contributed by atoms with Gasteiger partial charge in [0.25, 0.3) is 0 Å². The summed E-state index contributed by atoms with van der Waals surface area (Å²) in [6.07, 6.45) is 0. The molecule has 0 saturated heterocycles. The first-order valence-electron chi connectivity index (χ1n) is 6.05. The molecule has 0 atom stereocenters. The Kier molecular flexibility index (Phi) is 2.74. The van der Waals surface area contributed by atoms with Crippen molar-refractivity contribution in [1.82, 2.24) is 4.98 Å². The van der Waals surface area contributed by atoms with E-state index in [1.165, 1.54) is 0 Å². The molecule has 0 spiro atoms. The van der Waals surface area contributed by atoms with Crippen LogP contribution in [0.1, 0.15) is 0 Å². The monoisotopic (exact) mass is 353 g/mol. The van der Waals surface area contributed by atoms with Crippen molar-refractivity contribution < 1.29 is 19.4 Å². The van der Waals surface area contributed by atoms with Gasteiger partial charge < -0.3 is 4.98 Å². The van der Waals surface area contributed by atoms with E-state index >= 15 is 0 Å². The first kappa shape index (κ1) is 15.2. The highest BCUT2D eigenvalue weighted by molar-refractivity contribution is 8.45. The summed E-state index contributed by atoms with van der Waals surface area (Å²) >= 11 is 5.76. The third-order valence-corrected chi connectivity index (χ3v) is 4.59. The Bertz CT molecular complexity index is 868. The van der Waals surface area contributed by atoms with Gasteiger partial charge in [-0.1, -0.05) is 49.2 Å². The van der Waals surface area contributed by atoms with Crippen molar-refractivity contribution in [1.29, 1.82) is 0 Å². The lowest BCUT2D eigenvalue weighted by molar-refractivity contribution is 0.364. The maximum Gasteiger partial charge on any atom is 0.310 e. The van der Waals surface area contributed by atoms with Crippen molar-refractivity contribution in [3.05, 3.63) is 53.6 Å². The molecule has 1 aromatic heterocycles. The SMILES string of the molecule is FS(F)(F)(F)(F)c1ccc2cc(-c3ccc(Cl)cc3)[nH]c2c1. The van der Waals surface area contributed by atoms with Gasteiger partial charge in [0.05, 0.1) is 0 Å². The Balaban J connectivity index is 2.14. The van der Waals surface area contributed by atoms with E-state index in [0.717, 1.165) is 6.07 Å². The number of halogens is 6. The van der Waals surface area contributed by atoms with Gasteiger partial charge in [0.1, 0.15) is 4.90 Å². The van der Waals surface area contributed by atoms with Crippen LogP contribution in [0.4, 0.5) is 19.4 Å². The first-order valence-corrected chi connectivity index (χ1v) is 8.38. The molecule has 22 heavy (non-hydrogen) atoms.